The van der Waals surface area contributed by atoms with E-state index < -0.39 is 106 Å². The van der Waals surface area contributed by atoms with Gasteiger partial charge in [-0.1, -0.05) is 43.7 Å². The highest BCUT2D eigenvalue weighted by atomic mass is 35.5. The molecule has 4 aliphatic rings. The average Bonchev–Trinajstić information content (AvgIpc) is 4.03. The second-order valence-corrected chi connectivity index (χ2v) is 19.2. The average molecular weight is 892 g/mol. The van der Waals surface area contributed by atoms with E-state index >= 15 is 0 Å². The molecule has 0 unspecified atom stereocenters. The minimum atomic E-state index is -5.09. The van der Waals surface area contributed by atoms with Crippen LogP contribution in [0.25, 0.3) is 10.8 Å². The highest BCUT2D eigenvalue weighted by Gasteiger charge is 2.63. The van der Waals surface area contributed by atoms with Crippen molar-refractivity contribution in [2.24, 2.45) is 17.8 Å². The Morgan fingerprint density at radius 1 is 1.17 bits per heavy atom. The van der Waals surface area contributed by atoms with E-state index in [1.165, 1.54) is 26.0 Å². The summed E-state index contributed by atoms with van der Waals surface area (Å²) < 4.78 is 108. The minimum Gasteiger partial charge on any atom is -0.472 e. The zero-order valence-electron chi connectivity index (χ0n) is 33.2. The molecule has 60 heavy (non-hydrogen) atoms. The van der Waals surface area contributed by atoms with Crippen molar-refractivity contribution in [3.63, 3.8) is 0 Å². The van der Waals surface area contributed by atoms with E-state index in [4.69, 9.17) is 21.1 Å². The number of pyridine rings is 1. The van der Waals surface area contributed by atoms with Gasteiger partial charge in [0.2, 0.25) is 33.6 Å². The highest BCUT2D eigenvalue weighted by molar-refractivity contribution is 7.91. The van der Waals surface area contributed by atoms with E-state index in [9.17, 15) is 54.7 Å². The zero-order valence-corrected chi connectivity index (χ0v) is 34.8. The monoisotopic (exact) mass is 891 g/mol. The number of ether oxygens (including phenoxy) is 2. The number of carboxylic acid groups (broad SMARTS) is 1. The predicted octanol–water partition coefficient (Wildman–Crippen LogP) is 6.07. The molecule has 6 rings (SSSR count). The molecule has 3 N–H and O–H groups in total. The molecule has 330 valence electrons. The Balaban J connectivity index is 1.42. The van der Waals surface area contributed by atoms with Crippen LogP contribution in [0.2, 0.25) is 5.02 Å². The summed E-state index contributed by atoms with van der Waals surface area (Å²) in [6.45, 7) is 3.82. The van der Waals surface area contributed by atoms with Gasteiger partial charge in [-0.05, 0) is 76.3 Å². The van der Waals surface area contributed by atoms with Crippen molar-refractivity contribution in [1.29, 1.82) is 0 Å². The Bertz CT molecular complexity index is 2160. The lowest BCUT2D eigenvalue weighted by Gasteiger charge is -2.40. The third kappa shape index (κ3) is 9.23. The molecule has 2 aromatic rings. The van der Waals surface area contributed by atoms with Crippen LogP contribution in [0.5, 0.6) is 11.8 Å². The first-order valence-electron chi connectivity index (χ1n) is 19.6. The van der Waals surface area contributed by atoms with Crippen LogP contribution in [0, 0.1) is 17.8 Å². The standard InChI is InChI=1S/C39H47ClF5N5O9S/c1-20-8-5-6-9-23-17-38(23,35(53)48-60(56,57)37(4)12-13-37)47-32(51)28-15-24(59-33-25-10-7-11-27(40)26(25)16-30(46-33)58-19-29(41)42)18-49(28)34(52)31(21(2)14-20)50(36(54)55)22(3)39(43,44)45/h6-7,9-11,16,20-24,28-29,31H,5,8,12-15,17-19H2,1-4H3,(H,47,51)(H,48,53)(H,54,55)/t20-,21+,22+,23+,24+,28-,31-,38+/m0/s1. The molecule has 2 aliphatic heterocycles. The van der Waals surface area contributed by atoms with Gasteiger partial charge in [0.05, 0.1) is 11.3 Å². The maximum absolute atomic E-state index is 14.9. The number of amides is 4. The molecule has 14 nitrogen and oxygen atoms in total. The van der Waals surface area contributed by atoms with Crippen molar-refractivity contribution in [3.05, 3.63) is 41.4 Å². The van der Waals surface area contributed by atoms with Crippen molar-refractivity contribution in [1.82, 2.24) is 24.8 Å². The summed E-state index contributed by atoms with van der Waals surface area (Å²) in [4.78, 5) is 61.3. The van der Waals surface area contributed by atoms with E-state index in [0.717, 1.165) is 4.90 Å². The van der Waals surface area contributed by atoms with Crippen molar-refractivity contribution in [2.75, 3.05) is 13.2 Å². The molecule has 4 amide bonds. The fraction of sp³-hybridized carbons (Fsp3) is 0.615. The van der Waals surface area contributed by atoms with Gasteiger partial charge in [0.25, 0.3) is 12.3 Å². The van der Waals surface area contributed by atoms with Gasteiger partial charge in [-0.3, -0.25) is 24.0 Å². The lowest BCUT2D eigenvalue weighted by atomic mass is 9.86. The molecule has 1 saturated heterocycles. The quantitative estimate of drug-likeness (QED) is 0.187. The van der Waals surface area contributed by atoms with Crippen molar-refractivity contribution >= 4 is 56.2 Å². The van der Waals surface area contributed by atoms with Gasteiger partial charge in [-0.2, -0.15) is 18.2 Å². The maximum atomic E-state index is 14.9. The third-order valence-corrected chi connectivity index (χ3v) is 14.5. The van der Waals surface area contributed by atoms with E-state index in [1.807, 2.05) is 0 Å². The number of nitrogens with one attached hydrogen (secondary N) is 2. The Morgan fingerprint density at radius 3 is 2.50 bits per heavy atom. The lowest BCUT2D eigenvalue weighted by molar-refractivity contribution is -0.184. The largest absolute Gasteiger partial charge is 0.472 e. The number of fused-ring (bicyclic) bond motifs is 3. The maximum Gasteiger partial charge on any atom is 0.408 e. The zero-order chi connectivity index (χ0) is 44.1. The number of sulfonamides is 1. The molecule has 0 radical (unpaired) electrons. The molecular weight excluding hydrogens is 845 g/mol. The van der Waals surface area contributed by atoms with Crippen molar-refractivity contribution < 1.29 is 64.1 Å². The van der Waals surface area contributed by atoms with Gasteiger partial charge in [0.15, 0.2) is 6.61 Å². The number of carbonyl (C=O) groups excluding carboxylic acids is 3. The normalized spacial score (nSPS) is 28.8. The Hall–Kier alpha value is -4.46. The first-order chi connectivity index (χ1) is 28.0. The number of nitrogens with zero attached hydrogens (tertiary/aromatic N) is 3. The molecule has 8 atom stereocenters. The van der Waals surface area contributed by atoms with Crippen LogP contribution in [0.3, 0.4) is 0 Å². The summed E-state index contributed by atoms with van der Waals surface area (Å²) in [5.41, 5.74) is -1.79. The number of benzene rings is 1. The molecule has 2 saturated carbocycles. The van der Waals surface area contributed by atoms with Gasteiger partial charge in [-0.25, -0.2) is 22.0 Å². The number of hydrogen-bond acceptors (Lipinski definition) is 9. The summed E-state index contributed by atoms with van der Waals surface area (Å²) in [6.07, 6.45) is -6.50. The molecule has 1 aromatic carbocycles. The van der Waals surface area contributed by atoms with E-state index in [1.54, 1.807) is 31.2 Å². The summed E-state index contributed by atoms with van der Waals surface area (Å²) >= 11 is 6.42. The Labute approximate surface area is 348 Å². The van der Waals surface area contributed by atoms with Crippen LogP contribution in [-0.2, 0) is 24.4 Å². The smallest absolute Gasteiger partial charge is 0.408 e. The number of hydrogen-bond donors (Lipinski definition) is 3. The first kappa shape index (κ1) is 45.1. The third-order valence-electron chi connectivity index (χ3n) is 12.0. The van der Waals surface area contributed by atoms with Crippen LogP contribution in [0.15, 0.2) is 36.4 Å². The van der Waals surface area contributed by atoms with Crippen LogP contribution in [0.4, 0.5) is 26.7 Å². The van der Waals surface area contributed by atoms with Crippen molar-refractivity contribution in [3.8, 4) is 11.8 Å². The predicted molar refractivity (Wildman–Crippen MR) is 207 cm³/mol. The topological polar surface area (TPSA) is 185 Å². The van der Waals surface area contributed by atoms with Crippen LogP contribution in [-0.4, -0.2) is 112 Å². The van der Waals surface area contributed by atoms with E-state index in [2.05, 4.69) is 15.0 Å². The fourth-order valence-corrected chi connectivity index (χ4v) is 9.65. The number of alkyl halides is 5. The molecule has 3 heterocycles. The number of aromatic nitrogens is 1. The summed E-state index contributed by atoms with van der Waals surface area (Å²) in [5.74, 6) is -5.56. The summed E-state index contributed by atoms with van der Waals surface area (Å²) in [7, 11) is -4.17. The number of allylic oxidation sites excluding steroid dienone is 1. The van der Waals surface area contributed by atoms with Crippen LogP contribution in [0.1, 0.15) is 72.6 Å². The van der Waals surface area contributed by atoms with Gasteiger partial charge in [0, 0.05) is 34.2 Å². The van der Waals surface area contributed by atoms with Gasteiger partial charge in [-0.15, -0.1) is 0 Å². The van der Waals surface area contributed by atoms with Gasteiger partial charge >= 0.3 is 12.3 Å². The molecule has 21 heteroatoms. The van der Waals surface area contributed by atoms with Gasteiger partial charge < -0.3 is 24.8 Å². The molecule has 0 bridgehead atoms. The molecule has 2 aliphatic carbocycles. The number of rotatable bonds is 10. The number of carbonyl (C=O) groups is 4. The first-order valence-corrected chi connectivity index (χ1v) is 21.4. The second kappa shape index (κ2) is 16.8. The molecule has 1 aromatic heterocycles. The minimum absolute atomic E-state index is 0.0128. The highest BCUT2D eigenvalue weighted by Crippen LogP contribution is 2.48. The van der Waals surface area contributed by atoms with Crippen LogP contribution >= 0.6 is 11.6 Å². The lowest BCUT2D eigenvalue weighted by Crippen LogP contribution is -2.62. The Morgan fingerprint density at radius 2 is 1.87 bits per heavy atom. The summed E-state index contributed by atoms with van der Waals surface area (Å²) in [6, 6.07) is -0.285. The second-order valence-electron chi connectivity index (χ2n) is 16.6. The van der Waals surface area contributed by atoms with E-state index in [0.29, 0.717) is 32.6 Å². The fourth-order valence-electron chi connectivity index (χ4n) is 8.11. The number of halogens is 6. The SMILES string of the molecule is C[C@H]1CCC=C[C@@H]2C[C@@]2(C(=O)NS(=O)(=O)C2(C)CC2)NC(=O)[C@@H]2C[C@@H](Oc3nc(OCC(F)F)cc4c(Cl)cccc34)CN2C(=O)[C@@H](N(C(=O)O)[C@H](C)C(F)(F)F)[C@H](C)C1. The molecule has 0 spiro atoms. The molecular formula is C39H47ClF5N5O9S. The summed E-state index contributed by atoms with van der Waals surface area (Å²) in [5, 5.41) is 13.7. The van der Waals surface area contributed by atoms with E-state index in [-0.39, 0.29) is 57.6 Å². The Kier molecular flexibility index (Phi) is 12.6. The van der Waals surface area contributed by atoms with Crippen molar-refractivity contribution in [2.45, 2.75) is 120 Å². The van der Waals surface area contributed by atoms with Gasteiger partial charge in [0.1, 0.15) is 29.8 Å². The van der Waals surface area contributed by atoms with Crippen LogP contribution < -0.4 is 19.5 Å². The molecule has 3 fully saturated rings.